The molecule has 0 unspecified atom stereocenters. The molecule has 1 aliphatic carbocycles. The van der Waals surface area contributed by atoms with Crippen LogP contribution in [0.15, 0.2) is 12.4 Å². The Labute approximate surface area is 127 Å². The van der Waals surface area contributed by atoms with Crippen molar-refractivity contribution in [1.29, 1.82) is 0 Å². The minimum absolute atomic E-state index is 0. The maximum Gasteiger partial charge on any atom is 0.157 e. The van der Waals surface area contributed by atoms with E-state index in [1.165, 1.54) is 38.5 Å². The van der Waals surface area contributed by atoms with E-state index in [9.17, 15) is 0 Å². The molecule has 20 heavy (non-hydrogen) atoms. The van der Waals surface area contributed by atoms with Crippen LogP contribution in [0.25, 0.3) is 0 Å². The van der Waals surface area contributed by atoms with Crippen molar-refractivity contribution < 1.29 is 4.74 Å². The molecule has 1 aliphatic heterocycles. The largest absolute Gasteiger partial charge is 0.490 e. The average Bonchev–Trinajstić information content (AvgIpc) is 2.84. The molecule has 114 valence electrons. The van der Waals surface area contributed by atoms with Gasteiger partial charge in [-0.15, -0.1) is 12.4 Å². The second-order valence-electron chi connectivity index (χ2n) is 6.07. The number of aromatic nitrogens is 2. The molecule has 0 bridgehead atoms. The first-order chi connectivity index (χ1) is 9.40. The summed E-state index contributed by atoms with van der Waals surface area (Å²) < 4.78 is 7.80. The van der Waals surface area contributed by atoms with Crippen molar-refractivity contribution in [3.05, 3.63) is 12.4 Å². The first kappa shape index (κ1) is 15.6. The van der Waals surface area contributed by atoms with Crippen LogP contribution in [0.1, 0.15) is 38.5 Å². The highest BCUT2D eigenvalue weighted by molar-refractivity contribution is 5.85. The van der Waals surface area contributed by atoms with Gasteiger partial charge in [0.1, 0.15) is 0 Å². The molecule has 1 saturated heterocycles. The van der Waals surface area contributed by atoms with Gasteiger partial charge in [0.05, 0.1) is 19.0 Å². The van der Waals surface area contributed by atoms with E-state index in [1.54, 1.807) is 0 Å². The highest BCUT2D eigenvalue weighted by atomic mass is 35.5. The molecule has 0 spiro atoms. The molecular weight excluding hydrogens is 274 g/mol. The van der Waals surface area contributed by atoms with Crippen molar-refractivity contribution in [1.82, 2.24) is 15.1 Å². The summed E-state index contributed by atoms with van der Waals surface area (Å²) in [5, 5.41) is 7.66. The van der Waals surface area contributed by atoms with E-state index in [2.05, 4.69) is 16.6 Å². The fraction of sp³-hybridized carbons (Fsp3) is 0.800. The van der Waals surface area contributed by atoms with E-state index in [0.717, 1.165) is 37.9 Å². The van der Waals surface area contributed by atoms with Gasteiger partial charge in [0.25, 0.3) is 0 Å². The van der Waals surface area contributed by atoms with Gasteiger partial charge in [-0.25, -0.2) is 0 Å². The lowest BCUT2D eigenvalue weighted by Crippen LogP contribution is -2.45. The molecule has 1 saturated carbocycles. The monoisotopic (exact) mass is 299 g/mol. The van der Waals surface area contributed by atoms with Crippen LogP contribution in [0.3, 0.4) is 0 Å². The van der Waals surface area contributed by atoms with E-state index in [1.807, 2.05) is 10.9 Å². The summed E-state index contributed by atoms with van der Waals surface area (Å²) in [5.74, 6) is 2.53. The van der Waals surface area contributed by atoms with Gasteiger partial charge in [0.15, 0.2) is 5.75 Å². The molecule has 1 aromatic rings. The molecule has 0 aromatic carbocycles. The third-order valence-electron chi connectivity index (χ3n) is 4.45. The summed E-state index contributed by atoms with van der Waals surface area (Å²) in [6.07, 6.45) is 12.3. The topological polar surface area (TPSA) is 39.1 Å². The zero-order valence-electron chi connectivity index (χ0n) is 12.1. The molecule has 5 heteroatoms. The highest BCUT2D eigenvalue weighted by Crippen LogP contribution is 2.26. The molecule has 1 N–H and O–H groups in total. The summed E-state index contributed by atoms with van der Waals surface area (Å²) in [6.45, 7) is 4.05. The quantitative estimate of drug-likeness (QED) is 0.878. The molecule has 2 aliphatic rings. The van der Waals surface area contributed by atoms with Gasteiger partial charge in [-0.3, -0.25) is 4.68 Å². The maximum atomic E-state index is 5.76. The predicted molar refractivity (Wildman–Crippen MR) is 82.5 cm³/mol. The normalized spacial score (nSPS) is 20.2. The number of ether oxygens (including phenoxy) is 1. The lowest BCUT2D eigenvalue weighted by Gasteiger charge is -2.26. The minimum atomic E-state index is 0. The van der Waals surface area contributed by atoms with Crippen molar-refractivity contribution in [2.45, 2.75) is 45.1 Å². The van der Waals surface area contributed by atoms with Crippen LogP contribution in [0, 0.1) is 11.8 Å². The Morgan fingerprint density at radius 3 is 2.70 bits per heavy atom. The SMILES string of the molecule is Cl.c1nn(CCC2CCCCC2)cc1OCC1CNC1. The molecule has 2 fully saturated rings. The van der Waals surface area contributed by atoms with E-state index >= 15 is 0 Å². The molecule has 0 radical (unpaired) electrons. The van der Waals surface area contributed by atoms with Gasteiger partial charge >= 0.3 is 0 Å². The first-order valence-corrected chi connectivity index (χ1v) is 7.76. The number of nitrogens with zero attached hydrogens (tertiary/aromatic N) is 2. The number of halogens is 1. The van der Waals surface area contributed by atoms with Crippen molar-refractivity contribution in [3.63, 3.8) is 0 Å². The Bertz CT molecular complexity index is 386. The highest BCUT2D eigenvalue weighted by Gasteiger charge is 2.17. The fourth-order valence-corrected chi connectivity index (χ4v) is 3.01. The van der Waals surface area contributed by atoms with Crippen LogP contribution in [0.2, 0.25) is 0 Å². The Morgan fingerprint density at radius 2 is 2.00 bits per heavy atom. The summed E-state index contributed by atoms with van der Waals surface area (Å²) in [6, 6.07) is 0. The third-order valence-corrected chi connectivity index (χ3v) is 4.45. The Morgan fingerprint density at radius 1 is 1.20 bits per heavy atom. The molecule has 1 aromatic heterocycles. The van der Waals surface area contributed by atoms with Crippen molar-refractivity contribution in [2.75, 3.05) is 19.7 Å². The zero-order chi connectivity index (χ0) is 12.9. The number of aryl methyl sites for hydroxylation is 1. The van der Waals surface area contributed by atoms with Gasteiger partial charge in [0, 0.05) is 25.6 Å². The minimum Gasteiger partial charge on any atom is -0.490 e. The van der Waals surface area contributed by atoms with Crippen LogP contribution in [0.4, 0.5) is 0 Å². The Kier molecular flexibility index (Phi) is 6.17. The van der Waals surface area contributed by atoms with E-state index in [4.69, 9.17) is 4.74 Å². The zero-order valence-corrected chi connectivity index (χ0v) is 12.9. The first-order valence-electron chi connectivity index (χ1n) is 7.76. The smallest absolute Gasteiger partial charge is 0.157 e. The van der Waals surface area contributed by atoms with Crippen LogP contribution in [0.5, 0.6) is 5.75 Å². The van der Waals surface area contributed by atoms with E-state index in [0.29, 0.717) is 5.92 Å². The molecular formula is C15H26ClN3O. The standard InChI is InChI=1S/C15H25N3O.ClH/c1-2-4-13(5-3-1)6-7-18-11-15(10-17-18)19-12-14-8-16-9-14;/h10-11,13-14,16H,1-9,12H2;1H. The maximum absolute atomic E-state index is 5.76. The molecule has 2 heterocycles. The second-order valence-corrected chi connectivity index (χ2v) is 6.07. The summed E-state index contributed by atoms with van der Waals surface area (Å²) in [5.41, 5.74) is 0. The number of hydrogen-bond donors (Lipinski definition) is 1. The Hall–Kier alpha value is -0.740. The van der Waals surface area contributed by atoms with Crippen molar-refractivity contribution in [2.24, 2.45) is 11.8 Å². The van der Waals surface area contributed by atoms with Crippen LogP contribution in [-0.4, -0.2) is 29.5 Å². The predicted octanol–water partition coefficient (Wildman–Crippen LogP) is 2.87. The van der Waals surface area contributed by atoms with Gasteiger partial charge in [-0.1, -0.05) is 32.1 Å². The number of rotatable bonds is 6. The molecule has 3 rings (SSSR count). The summed E-state index contributed by atoms with van der Waals surface area (Å²) in [7, 11) is 0. The lowest BCUT2D eigenvalue weighted by molar-refractivity contribution is 0.199. The van der Waals surface area contributed by atoms with Gasteiger partial charge in [0.2, 0.25) is 0 Å². The number of nitrogens with one attached hydrogen (secondary N) is 1. The van der Waals surface area contributed by atoms with Crippen molar-refractivity contribution >= 4 is 12.4 Å². The van der Waals surface area contributed by atoms with Crippen LogP contribution in [-0.2, 0) is 6.54 Å². The van der Waals surface area contributed by atoms with Gasteiger partial charge in [-0.05, 0) is 12.3 Å². The van der Waals surface area contributed by atoms with Crippen LogP contribution < -0.4 is 10.1 Å². The molecule has 0 amide bonds. The summed E-state index contributed by atoms with van der Waals surface area (Å²) in [4.78, 5) is 0. The summed E-state index contributed by atoms with van der Waals surface area (Å²) >= 11 is 0. The molecule has 4 nitrogen and oxygen atoms in total. The Balaban J connectivity index is 0.00000147. The number of hydrogen-bond acceptors (Lipinski definition) is 3. The fourth-order valence-electron chi connectivity index (χ4n) is 3.01. The lowest BCUT2D eigenvalue weighted by atomic mass is 9.87. The average molecular weight is 300 g/mol. The van der Waals surface area contributed by atoms with E-state index < -0.39 is 0 Å². The van der Waals surface area contributed by atoms with Gasteiger partial charge in [-0.2, -0.15) is 5.10 Å². The van der Waals surface area contributed by atoms with Crippen molar-refractivity contribution in [3.8, 4) is 5.75 Å². The third kappa shape index (κ3) is 4.38. The second kappa shape index (κ2) is 7.89. The van der Waals surface area contributed by atoms with Gasteiger partial charge < -0.3 is 10.1 Å². The van der Waals surface area contributed by atoms with E-state index in [-0.39, 0.29) is 12.4 Å². The van der Waals surface area contributed by atoms with Crippen LogP contribution >= 0.6 is 12.4 Å². The molecule has 0 atom stereocenters.